The minimum atomic E-state index is -0.0872. The Balaban J connectivity index is 1.02. The number of hydrogen-bond acceptors (Lipinski definition) is 4. The lowest BCUT2D eigenvalue weighted by Gasteiger charge is -2.22. The van der Waals surface area contributed by atoms with Crippen LogP contribution >= 0.6 is 0 Å². The Bertz CT molecular complexity index is 4500. The SMILES string of the molecule is CC1(C)c2ccccc2-c2ccc(-c3ccc4c(c3)c3ccccc3c3cc5c6cc(-c7ccccc7)ccc6n(-c6cc(-c7cccc8cccnc78)nc(-c7cccc8cccnc78)n6)c5cc43)cc21. The van der Waals surface area contributed by atoms with Gasteiger partial charge in [0.2, 0.25) is 0 Å². The highest BCUT2D eigenvalue weighted by molar-refractivity contribution is 6.29. The molecule has 336 valence electrons. The van der Waals surface area contributed by atoms with Crippen LogP contribution in [0, 0.1) is 0 Å². The molecule has 10 aromatic carbocycles. The summed E-state index contributed by atoms with van der Waals surface area (Å²) in [5.74, 6) is 1.36. The van der Waals surface area contributed by atoms with Crippen LogP contribution in [0.5, 0.6) is 0 Å². The highest BCUT2D eigenvalue weighted by Gasteiger charge is 2.35. The summed E-state index contributed by atoms with van der Waals surface area (Å²) < 4.78 is 2.35. The number of hydrogen-bond donors (Lipinski definition) is 0. The van der Waals surface area contributed by atoms with Gasteiger partial charge in [0.25, 0.3) is 0 Å². The van der Waals surface area contributed by atoms with Crippen LogP contribution in [0.4, 0.5) is 0 Å². The first-order chi connectivity index (χ1) is 35.4. The zero-order chi connectivity index (χ0) is 47.7. The van der Waals surface area contributed by atoms with Gasteiger partial charge in [0, 0.05) is 56.5 Å². The summed E-state index contributed by atoms with van der Waals surface area (Å²) >= 11 is 0. The Kier molecular flexibility index (Phi) is 8.64. The summed E-state index contributed by atoms with van der Waals surface area (Å²) in [6, 6.07) is 77.2. The fourth-order valence-corrected chi connectivity index (χ4v) is 12.0. The normalized spacial score (nSPS) is 13.0. The summed E-state index contributed by atoms with van der Waals surface area (Å²) in [5.41, 5.74) is 16.6. The van der Waals surface area contributed by atoms with Gasteiger partial charge in [-0.2, -0.15) is 0 Å². The molecule has 0 saturated heterocycles. The molecule has 1 aliphatic rings. The van der Waals surface area contributed by atoms with Crippen LogP contribution in [-0.4, -0.2) is 24.5 Å². The molecule has 5 nitrogen and oxygen atoms in total. The number of aromatic nitrogens is 5. The van der Waals surface area contributed by atoms with Gasteiger partial charge in [-0.15, -0.1) is 0 Å². The molecule has 0 N–H and O–H groups in total. The number of nitrogens with zero attached hydrogens (tertiary/aromatic N) is 5. The van der Waals surface area contributed by atoms with Crippen LogP contribution < -0.4 is 0 Å². The van der Waals surface area contributed by atoms with Gasteiger partial charge < -0.3 is 0 Å². The Morgan fingerprint density at radius 2 is 0.917 bits per heavy atom. The van der Waals surface area contributed by atoms with Gasteiger partial charge in [-0.1, -0.05) is 166 Å². The van der Waals surface area contributed by atoms with Gasteiger partial charge >= 0.3 is 0 Å². The summed E-state index contributed by atoms with van der Waals surface area (Å²) in [6.07, 6.45) is 3.70. The van der Waals surface area contributed by atoms with Crippen molar-refractivity contribution in [3.63, 3.8) is 0 Å². The number of pyridine rings is 2. The highest BCUT2D eigenvalue weighted by atomic mass is 15.1. The lowest BCUT2D eigenvalue weighted by Crippen LogP contribution is -2.14. The molecule has 14 aromatic rings. The molecular formula is C67H43N5. The molecule has 72 heavy (non-hydrogen) atoms. The van der Waals surface area contributed by atoms with Crippen molar-refractivity contribution in [1.29, 1.82) is 0 Å². The molecule has 5 heteroatoms. The maximum atomic E-state index is 5.56. The quantitative estimate of drug-likeness (QED) is 0.161. The fourth-order valence-electron chi connectivity index (χ4n) is 12.0. The largest absolute Gasteiger partial charge is 0.294 e. The average Bonchev–Trinajstić information content (AvgIpc) is 3.88. The van der Waals surface area contributed by atoms with Crippen molar-refractivity contribution in [2.45, 2.75) is 19.3 Å². The predicted molar refractivity (Wildman–Crippen MR) is 299 cm³/mol. The van der Waals surface area contributed by atoms with E-state index >= 15 is 0 Å². The molecule has 0 aliphatic heterocycles. The minimum absolute atomic E-state index is 0.0872. The average molecular weight is 918 g/mol. The van der Waals surface area contributed by atoms with Crippen LogP contribution in [0.25, 0.3) is 138 Å². The van der Waals surface area contributed by atoms with Gasteiger partial charge in [-0.05, 0) is 131 Å². The zero-order valence-corrected chi connectivity index (χ0v) is 39.6. The topological polar surface area (TPSA) is 56.5 Å². The van der Waals surface area contributed by atoms with E-state index in [1.165, 1.54) is 71.3 Å². The molecule has 4 aromatic heterocycles. The minimum Gasteiger partial charge on any atom is -0.294 e. The third kappa shape index (κ3) is 6.01. The van der Waals surface area contributed by atoms with E-state index in [1.54, 1.807) is 0 Å². The molecule has 0 spiro atoms. The Hall–Kier alpha value is -9.32. The predicted octanol–water partition coefficient (Wildman–Crippen LogP) is 17.1. The number of para-hydroxylation sites is 2. The molecule has 0 bridgehead atoms. The molecule has 0 unspecified atom stereocenters. The molecule has 0 radical (unpaired) electrons. The van der Waals surface area contributed by atoms with E-state index in [2.05, 4.69) is 219 Å². The summed E-state index contributed by atoms with van der Waals surface area (Å²) in [4.78, 5) is 20.7. The lowest BCUT2D eigenvalue weighted by atomic mass is 9.81. The van der Waals surface area contributed by atoms with Gasteiger partial charge in [0.05, 0.1) is 27.8 Å². The van der Waals surface area contributed by atoms with Crippen molar-refractivity contribution >= 4 is 75.9 Å². The van der Waals surface area contributed by atoms with E-state index < -0.39 is 0 Å². The Labute approximate surface area is 415 Å². The van der Waals surface area contributed by atoms with E-state index in [0.29, 0.717) is 5.82 Å². The van der Waals surface area contributed by atoms with Crippen molar-refractivity contribution < 1.29 is 0 Å². The van der Waals surface area contributed by atoms with Crippen molar-refractivity contribution in [2.24, 2.45) is 0 Å². The number of rotatable bonds is 5. The lowest BCUT2D eigenvalue weighted by molar-refractivity contribution is 0.660. The van der Waals surface area contributed by atoms with E-state index in [4.69, 9.17) is 19.9 Å². The van der Waals surface area contributed by atoms with E-state index in [0.717, 1.165) is 71.8 Å². The third-order valence-corrected chi connectivity index (χ3v) is 15.5. The summed E-state index contributed by atoms with van der Waals surface area (Å²) in [7, 11) is 0. The molecule has 4 heterocycles. The smallest absolute Gasteiger partial charge is 0.164 e. The van der Waals surface area contributed by atoms with E-state index in [-0.39, 0.29) is 5.41 Å². The van der Waals surface area contributed by atoms with Crippen molar-refractivity contribution in [2.75, 3.05) is 0 Å². The van der Waals surface area contributed by atoms with Crippen LogP contribution in [0.1, 0.15) is 25.0 Å². The summed E-state index contributed by atoms with van der Waals surface area (Å²) in [5, 5.41) is 11.7. The first-order valence-corrected chi connectivity index (χ1v) is 24.7. The van der Waals surface area contributed by atoms with Crippen LogP contribution in [0.2, 0.25) is 0 Å². The first kappa shape index (κ1) is 40.6. The van der Waals surface area contributed by atoms with Crippen molar-refractivity contribution in [1.82, 2.24) is 24.5 Å². The second-order valence-corrected chi connectivity index (χ2v) is 19.8. The van der Waals surface area contributed by atoms with Gasteiger partial charge in [-0.25, -0.2) is 9.97 Å². The van der Waals surface area contributed by atoms with Gasteiger partial charge in [-0.3, -0.25) is 14.5 Å². The monoisotopic (exact) mass is 917 g/mol. The third-order valence-electron chi connectivity index (χ3n) is 15.5. The first-order valence-electron chi connectivity index (χ1n) is 24.7. The maximum Gasteiger partial charge on any atom is 0.164 e. The molecule has 0 amide bonds. The van der Waals surface area contributed by atoms with E-state index in [9.17, 15) is 0 Å². The van der Waals surface area contributed by atoms with Crippen LogP contribution in [0.15, 0.2) is 225 Å². The molecule has 0 atom stereocenters. The molecule has 0 fully saturated rings. The highest BCUT2D eigenvalue weighted by Crippen LogP contribution is 2.50. The maximum absolute atomic E-state index is 5.56. The van der Waals surface area contributed by atoms with Gasteiger partial charge in [0.15, 0.2) is 5.82 Å². The molecule has 15 rings (SSSR count). The standard InChI is InChI=1S/C67H43N5/c1-67(2)58-25-9-8-22-49(58)50-30-27-45(36-59(50)67)44-26-29-48-53(34-44)46-20-6-7-21-47(46)54-37-57-56-35-43(40-14-4-3-5-15-40)28-31-61(56)72(62(57)38-55(48)54)63-39-60(51-23-10-16-41-18-12-32-68-64(41)51)70-66(71-63)52-24-11-17-42-19-13-33-69-65(42)52/h3-39H,1-2H3. The molecule has 1 aliphatic carbocycles. The molecular weight excluding hydrogens is 875 g/mol. The zero-order valence-electron chi connectivity index (χ0n) is 39.6. The molecule has 0 saturated carbocycles. The fraction of sp³-hybridized carbons (Fsp3) is 0.0448. The second-order valence-electron chi connectivity index (χ2n) is 19.8. The van der Waals surface area contributed by atoms with E-state index in [1.807, 2.05) is 24.5 Å². The Morgan fingerprint density at radius 1 is 0.347 bits per heavy atom. The van der Waals surface area contributed by atoms with Gasteiger partial charge in [0.1, 0.15) is 5.82 Å². The number of benzene rings is 10. The Morgan fingerprint density at radius 3 is 1.72 bits per heavy atom. The van der Waals surface area contributed by atoms with Crippen molar-refractivity contribution in [3.8, 4) is 61.8 Å². The number of fused-ring (bicyclic) bond motifs is 14. The van der Waals surface area contributed by atoms with Crippen LogP contribution in [0.3, 0.4) is 0 Å². The second kappa shape index (κ2) is 15.3. The summed E-state index contributed by atoms with van der Waals surface area (Å²) in [6.45, 7) is 4.71. The van der Waals surface area contributed by atoms with Crippen LogP contribution in [-0.2, 0) is 5.41 Å². The van der Waals surface area contributed by atoms with Crippen molar-refractivity contribution in [3.05, 3.63) is 236 Å².